The third-order valence-corrected chi connectivity index (χ3v) is 5.49. The number of rotatable bonds is 4. The quantitative estimate of drug-likeness (QED) is 0.857. The van der Waals surface area contributed by atoms with Crippen molar-refractivity contribution in [3.63, 3.8) is 0 Å². The van der Waals surface area contributed by atoms with E-state index >= 15 is 0 Å². The van der Waals surface area contributed by atoms with Gasteiger partial charge in [0, 0.05) is 24.3 Å². The third-order valence-electron chi connectivity index (χ3n) is 4.59. The molecule has 1 saturated heterocycles. The van der Waals surface area contributed by atoms with E-state index in [9.17, 15) is 18.0 Å². The molecule has 1 saturated carbocycles. The molecule has 0 aromatic carbocycles. The van der Waals surface area contributed by atoms with Crippen LogP contribution in [-0.4, -0.2) is 30.5 Å². The molecule has 1 atom stereocenters. The first-order chi connectivity index (χ1) is 10.4. The van der Waals surface area contributed by atoms with Crippen molar-refractivity contribution in [3.8, 4) is 0 Å². The Hall–Kier alpha value is -0.860. The smallest absolute Gasteiger partial charge is 0.355 e. The van der Waals surface area contributed by atoms with Crippen LogP contribution in [0.4, 0.5) is 13.2 Å². The standard InChI is InChI=1S/C14H18F3N3OS.ClH/c15-14(16,17)10-8-22-11(20-10)1-4-19-12(21)9-7-13(9)2-5-18-6-3-13;/h8-9,18H,1-7H2,(H,19,21);1H. The summed E-state index contributed by atoms with van der Waals surface area (Å²) in [5.74, 6) is 0.117. The third kappa shape index (κ3) is 4.16. The Morgan fingerprint density at radius 3 is 2.74 bits per heavy atom. The minimum Gasteiger partial charge on any atom is -0.355 e. The van der Waals surface area contributed by atoms with Gasteiger partial charge in [0.2, 0.25) is 5.91 Å². The van der Waals surface area contributed by atoms with E-state index in [4.69, 9.17) is 0 Å². The fraction of sp³-hybridized carbons (Fsp3) is 0.714. The summed E-state index contributed by atoms with van der Waals surface area (Å²) in [5.41, 5.74) is -0.672. The topological polar surface area (TPSA) is 54.0 Å². The van der Waals surface area contributed by atoms with E-state index < -0.39 is 11.9 Å². The van der Waals surface area contributed by atoms with Crippen molar-refractivity contribution in [2.45, 2.75) is 31.9 Å². The predicted molar refractivity (Wildman–Crippen MR) is 83.7 cm³/mol. The van der Waals surface area contributed by atoms with Crippen molar-refractivity contribution in [1.82, 2.24) is 15.6 Å². The molecule has 3 rings (SSSR count). The molecule has 0 radical (unpaired) electrons. The molecule has 2 fully saturated rings. The molecule has 1 aromatic rings. The Balaban J connectivity index is 0.00000192. The molecular weight excluding hydrogens is 351 g/mol. The maximum absolute atomic E-state index is 12.4. The highest BCUT2D eigenvalue weighted by molar-refractivity contribution is 7.09. The van der Waals surface area contributed by atoms with Gasteiger partial charge in [0.25, 0.3) is 0 Å². The van der Waals surface area contributed by atoms with Gasteiger partial charge in [0.15, 0.2) is 5.69 Å². The Morgan fingerprint density at radius 2 is 2.13 bits per heavy atom. The van der Waals surface area contributed by atoms with Gasteiger partial charge in [-0.3, -0.25) is 4.79 Å². The molecule has 130 valence electrons. The van der Waals surface area contributed by atoms with Crippen LogP contribution in [0.5, 0.6) is 0 Å². The maximum atomic E-state index is 12.4. The number of alkyl halides is 3. The molecule has 0 bridgehead atoms. The van der Waals surface area contributed by atoms with E-state index in [-0.39, 0.29) is 29.6 Å². The van der Waals surface area contributed by atoms with Crippen molar-refractivity contribution < 1.29 is 18.0 Å². The van der Waals surface area contributed by atoms with Gasteiger partial charge < -0.3 is 10.6 Å². The molecule has 2 N–H and O–H groups in total. The molecule has 1 unspecified atom stereocenters. The van der Waals surface area contributed by atoms with Gasteiger partial charge in [-0.25, -0.2) is 4.98 Å². The van der Waals surface area contributed by atoms with Crippen LogP contribution in [0.1, 0.15) is 30.0 Å². The summed E-state index contributed by atoms with van der Waals surface area (Å²) in [5, 5.41) is 7.55. The van der Waals surface area contributed by atoms with E-state index in [2.05, 4.69) is 15.6 Å². The Morgan fingerprint density at radius 1 is 1.43 bits per heavy atom. The van der Waals surface area contributed by atoms with E-state index in [0.717, 1.165) is 49.1 Å². The number of carbonyl (C=O) groups excluding carboxylic acids is 1. The number of thiazole rings is 1. The predicted octanol–water partition coefficient (Wildman–Crippen LogP) is 2.63. The number of nitrogens with one attached hydrogen (secondary N) is 2. The van der Waals surface area contributed by atoms with Crippen LogP contribution >= 0.6 is 23.7 Å². The molecule has 1 aliphatic carbocycles. The Kier molecular flexibility index (Phi) is 5.58. The van der Waals surface area contributed by atoms with Gasteiger partial charge >= 0.3 is 6.18 Å². The van der Waals surface area contributed by atoms with E-state index in [1.165, 1.54) is 0 Å². The van der Waals surface area contributed by atoms with E-state index in [1.807, 2.05) is 0 Å². The largest absolute Gasteiger partial charge is 0.434 e. The fourth-order valence-electron chi connectivity index (χ4n) is 3.17. The average molecular weight is 370 g/mol. The first-order valence-corrected chi connectivity index (χ1v) is 8.29. The van der Waals surface area contributed by atoms with Gasteiger partial charge in [-0.1, -0.05) is 0 Å². The lowest BCUT2D eigenvalue weighted by Gasteiger charge is -2.23. The number of nitrogens with zero attached hydrogens (tertiary/aromatic N) is 1. The minimum absolute atomic E-state index is 0. The van der Waals surface area contributed by atoms with Crippen LogP contribution in [0, 0.1) is 11.3 Å². The van der Waals surface area contributed by atoms with Gasteiger partial charge in [0.1, 0.15) is 0 Å². The highest BCUT2D eigenvalue weighted by Crippen LogP contribution is 2.58. The van der Waals surface area contributed by atoms with Crippen molar-refractivity contribution in [2.75, 3.05) is 19.6 Å². The minimum atomic E-state index is -4.40. The number of amides is 1. The van der Waals surface area contributed by atoms with Crippen molar-refractivity contribution >= 4 is 29.7 Å². The SMILES string of the molecule is Cl.O=C(NCCc1nc(C(F)(F)F)cs1)C1CC12CCNCC2. The Bertz CT molecular complexity index is 558. The summed E-state index contributed by atoms with van der Waals surface area (Å²) >= 11 is 0.983. The van der Waals surface area contributed by atoms with Gasteiger partial charge in [-0.2, -0.15) is 13.2 Å². The first kappa shape index (κ1) is 18.5. The summed E-state index contributed by atoms with van der Waals surface area (Å²) in [6.07, 6.45) is -1.05. The first-order valence-electron chi connectivity index (χ1n) is 7.41. The maximum Gasteiger partial charge on any atom is 0.434 e. The van der Waals surface area contributed by atoms with E-state index in [0.29, 0.717) is 18.0 Å². The lowest BCUT2D eigenvalue weighted by molar-refractivity contribution is -0.140. The normalized spacial score (nSPS) is 22.5. The number of aromatic nitrogens is 1. The second-order valence-electron chi connectivity index (χ2n) is 6.03. The molecule has 1 spiro atoms. The zero-order valence-electron chi connectivity index (χ0n) is 12.4. The van der Waals surface area contributed by atoms with Crippen LogP contribution < -0.4 is 10.6 Å². The summed E-state index contributed by atoms with van der Waals surface area (Å²) in [4.78, 5) is 15.7. The number of hydrogen-bond donors (Lipinski definition) is 2. The Labute approximate surface area is 142 Å². The van der Waals surface area contributed by atoms with Crippen molar-refractivity contribution in [3.05, 3.63) is 16.1 Å². The summed E-state index contributed by atoms with van der Waals surface area (Å²) < 4.78 is 37.3. The van der Waals surface area contributed by atoms with Crippen LogP contribution in [0.2, 0.25) is 0 Å². The zero-order chi connectivity index (χ0) is 15.8. The molecule has 9 heteroatoms. The van der Waals surface area contributed by atoms with Crippen LogP contribution in [0.3, 0.4) is 0 Å². The van der Waals surface area contributed by atoms with E-state index in [1.54, 1.807) is 0 Å². The number of carbonyl (C=O) groups is 1. The molecule has 2 aliphatic rings. The average Bonchev–Trinajstić information content (AvgIpc) is 2.94. The summed E-state index contributed by atoms with van der Waals surface area (Å²) in [7, 11) is 0. The fourth-order valence-corrected chi connectivity index (χ4v) is 3.97. The van der Waals surface area contributed by atoms with Gasteiger partial charge in [-0.15, -0.1) is 23.7 Å². The number of halogens is 4. The van der Waals surface area contributed by atoms with Crippen molar-refractivity contribution in [1.29, 1.82) is 0 Å². The second-order valence-corrected chi connectivity index (χ2v) is 6.98. The summed E-state index contributed by atoms with van der Waals surface area (Å²) in [6.45, 7) is 2.26. The molecule has 1 amide bonds. The second kappa shape index (κ2) is 6.94. The molecule has 4 nitrogen and oxygen atoms in total. The monoisotopic (exact) mass is 369 g/mol. The van der Waals surface area contributed by atoms with Crippen LogP contribution in [-0.2, 0) is 17.4 Å². The molecular formula is C14H19ClF3N3OS. The molecule has 2 heterocycles. The zero-order valence-corrected chi connectivity index (χ0v) is 14.0. The highest BCUT2D eigenvalue weighted by atomic mass is 35.5. The molecule has 23 heavy (non-hydrogen) atoms. The lowest BCUT2D eigenvalue weighted by Crippen LogP contribution is -2.34. The summed E-state index contributed by atoms with van der Waals surface area (Å²) in [6, 6.07) is 0. The number of hydrogen-bond acceptors (Lipinski definition) is 4. The molecule has 1 aliphatic heterocycles. The lowest BCUT2D eigenvalue weighted by atomic mass is 9.92. The van der Waals surface area contributed by atoms with Gasteiger partial charge in [-0.05, 0) is 37.8 Å². The van der Waals surface area contributed by atoms with Crippen LogP contribution in [0.25, 0.3) is 0 Å². The van der Waals surface area contributed by atoms with Gasteiger partial charge in [0.05, 0.1) is 5.01 Å². The molecule has 1 aromatic heterocycles. The van der Waals surface area contributed by atoms with Crippen molar-refractivity contribution in [2.24, 2.45) is 11.3 Å². The van der Waals surface area contributed by atoms with Crippen LogP contribution in [0.15, 0.2) is 5.38 Å². The number of piperidine rings is 1. The highest BCUT2D eigenvalue weighted by Gasteiger charge is 2.57.